The maximum absolute atomic E-state index is 12.6. The van der Waals surface area contributed by atoms with Gasteiger partial charge in [-0.3, -0.25) is 0 Å². The van der Waals surface area contributed by atoms with E-state index in [9.17, 15) is 13.2 Å². The predicted octanol–water partition coefficient (Wildman–Crippen LogP) is 3.75. The maximum atomic E-state index is 12.6. The quantitative estimate of drug-likeness (QED) is 0.760. The number of hydrogen-bond donors (Lipinski definition) is 1. The third-order valence-electron chi connectivity index (χ3n) is 3.93. The zero-order chi connectivity index (χ0) is 13.6. The van der Waals surface area contributed by atoms with E-state index in [0.717, 1.165) is 12.8 Å². The maximum Gasteiger partial charge on any atom is 0.391 e. The second-order valence-electron chi connectivity index (χ2n) is 5.01. The van der Waals surface area contributed by atoms with Gasteiger partial charge in [-0.15, -0.1) is 11.8 Å². The largest absolute Gasteiger partial charge is 0.391 e. The average Bonchev–Trinajstić information content (AvgIpc) is 2.34. The lowest BCUT2D eigenvalue weighted by Crippen LogP contribution is -2.38. The summed E-state index contributed by atoms with van der Waals surface area (Å²) in [6.07, 6.45) is -0.338. The van der Waals surface area contributed by atoms with Crippen LogP contribution in [-0.2, 0) is 0 Å². The van der Waals surface area contributed by atoms with Crippen LogP contribution in [0.2, 0.25) is 0 Å². The Morgan fingerprint density at radius 1 is 1.22 bits per heavy atom. The molecule has 1 saturated carbocycles. The van der Waals surface area contributed by atoms with Gasteiger partial charge < -0.3 is 5.32 Å². The molecular weight excluding hydrogens is 239 g/mol. The molecule has 0 aliphatic heterocycles. The number of halogens is 3. The Morgan fingerprint density at radius 3 is 2.28 bits per heavy atom. The van der Waals surface area contributed by atoms with Crippen molar-refractivity contribution < 1.29 is 13.2 Å². The average molecular weight is 261 g/mol. The van der Waals surface area contributed by atoms with Gasteiger partial charge in [-0.2, -0.15) is 13.2 Å². The molecule has 1 aliphatic rings. The SMILES string of the molecule is CC#CCCC(NC)C1CCC(C(F)(F)F)CC1. The Balaban J connectivity index is 2.41. The summed E-state index contributed by atoms with van der Waals surface area (Å²) < 4.78 is 37.7. The van der Waals surface area contributed by atoms with Crippen molar-refractivity contribution in [3.8, 4) is 11.8 Å². The summed E-state index contributed by atoms with van der Waals surface area (Å²) in [6.45, 7) is 1.81. The van der Waals surface area contributed by atoms with Crippen molar-refractivity contribution in [2.75, 3.05) is 7.05 Å². The van der Waals surface area contributed by atoms with Crippen LogP contribution < -0.4 is 5.32 Å². The van der Waals surface area contributed by atoms with Gasteiger partial charge in [-0.1, -0.05) is 0 Å². The molecule has 4 heteroatoms. The standard InChI is InChI=1S/C14H22F3N/c1-3-4-5-6-13(18-2)11-7-9-12(10-8-11)14(15,16)17/h11-13,18H,5-10H2,1-2H3. The molecule has 1 nitrogen and oxygen atoms in total. The minimum absolute atomic E-state index is 0.284. The summed E-state index contributed by atoms with van der Waals surface area (Å²) in [4.78, 5) is 0. The van der Waals surface area contributed by atoms with Gasteiger partial charge in [0.05, 0.1) is 5.92 Å². The molecule has 1 atom stereocenters. The van der Waals surface area contributed by atoms with Crippen molar-refractivity contribution in [3.63, 3.8) is 0 Å². The van der Waals surface area contributed by atoms with Gasteiger partial charge in [0.2, 0.25) is 0 Å². The molecule has 0 heterocycles. The predicted molar refractivity (Wildman–Crippen MR) is 67.0 cm³/mol. The molecule has 1 fully saturated rings. The summed E-state index contributed by atoms with van der Waals surface area (Å²) >= 11 is 0. The van der Waals surface area contributed by atoms with Crippen LogP contribution in [0.1, 0.15) is 45.4 Å². The molecule has 0 bridgehead atoms. The van der Waals surface area contributed by atoms with E-state index in [1.54, 1.807) is 0 Å². The first kappa shape index (κ1) is 15.4. The second-order valence-corrected chi connectivity index (χ2v) is 5.01. The Hall–Kier alpha value is -0.690. The Morgan fingerprint density at radius 2 is 1.83 bits per heavy atom. The molecule has 104 valence electrons. The van der Waals surface area contributed by atoms with E-state index in [0.29, 0.717) is 24.8 Å². The summed E-state index contributed by atoms with van der Waals surface area (Å²) in [7, 11) is 1.89. The Kier molecular flexibility index (Phi) is 6.01. The van der Waals surface area contributed by atoms with Crippen LogP contribution in [0.4, 0.5) is 13.2 Å². The topological polar surface area (TPSA) is 12.0 Å². The van der Waals surface area contributed by atoms with E-state index < -0.39 is 12.1 Å². The molecule has 0 radical (unpaired) electrons. The third kappa shape index (κ3) is 4.53. The summed E-state index contributed by atoms with van der Waals surface area (Å²) in [5, 5.41) is 3.24. The summed E-state index contributed by atoms with van der Waals surface area (Å²) in [5.74, 6) is 5.15. The molecule has 0 aromatic carbocycles. The Bertz CT molecular complexity index is 292. The highest BCUT2D eigenvalue weighted by Gasteiger charge is 2.42. The number of rotatable bonds is 4. The van der Waals surface area contributed by atoms with Crippen LogP contribution in [-0.4, -0.2) is 19.3 Å². The fraction of sp³-hybridized carbons (Fsp3) is 0.857. The van der Waals surface area contributed by atoms with Crippen LogP contribution in [0.25, 0.3) is 0 Å². The Labute approximate surface area is 108 Å². The van der Waals surface area contributed by atoms with Crippen LogP contribution in [0.5, 0.6) is 0 Å². The van der Waals surface area contributed by atoms with Gasteiger partial charge in [-0.05, 0) is 52.0 Å². The lowest BCUT2D eigenvalue weighted by molar-refractivity contribution is -0.184. The smallest absolute Gasteiger partial charge is 0.317 e. The molecule has 0 saturated heterocycles. The molecule has 0 spiro atoms. The highest BCUT2D eigenvalue weighted by atomic mass is 19.4. The minimum atomic E-state index is -4.01. The molecule has 1 rings (SSSR count). The van der Waals surface area contributed by atoms with Crippen LogP contribution in [0.15, 0.2) is 0 Å². The van der Waals surface area contributed by atoms with Crippen molar-refractivity contribution in [3.05, 3.63) is 0 Å². The lowest BCUT2D eigenvalue weighted by atomic mass is 9.77. The molecular formula is C14H22F3N. The fourth-order valence-electron chi connectivity index (χ4n) is 2.82. The zero-order valence-electron chi connectivity index (χ0n) is 11.1. The van der Waals surface area contributed by atoms with E-state index in [2.05, 4.69) is 17.2 Å². The molecule has 1 aliphatic carbocycles. The third-order valence-corrected chi connectivity index (χ3v) is 3.93. The monoisotopic (exact) mass is 261 g/mol. The van der Waals surface area contributed by atoms with Crippen LogP contribution in [0.3, 0.4) is 0 Å². The van der Waals surface area contributed by atoms with Gasteiger partial charge in [0.25, 0.3) is 0 Å². The number of alkyl halides is 3. The molecule has 0 aromatic heterocycles. The molecule has 1 unspecified atom stereocenters. The van der Waals surface area contributed by atoms with E-state index in [1.165, 1.54) is 0 Å². The van der Waals surface area contributed by atoms with Crippen LogP contribution in [0, 0.1) is 23.7 Å². The van der Waals surface area contributed by atoms with Crippen molar-refractivity contribution in [2.24, 2.45) is 11.8 Å². The minimum Gasteiger partial charge on any atom is -0.317 e. The van der Waals surface area contributed by atoms with Gasteiger partial charge in [0.1, 0.15) is 0 Å². The van der Waals surface area contributed by atoms with Crippen LogP contribution >= 0.6 is 0 Å². The first-order valence-electron chi connectivity index (χ1n) is 6.62. The second kappa shape index (κ2) is 7.04. The summed E-state index contributed by atoms with van der Waals surface area (Å²) in [5.41, 5.74) is 0. The lowest BCUT2D eigenvalue weighted by Gasteiger charge is -2.34. The van der Waals surface area contributed by atoms with E-state index in [4.69, 9.17) is 0 Å². The number of hydrogen-bond acceptors (Lipinski definition) is 1. The first-order valence-corrected chi connectivity index (χ1v) is 6.62. The van der Waals surface area contributed by atoms with Crippen molar-refractivity contribution in [2.45, 2.75) is 57.7 Å². The van der Waals surface area contributed by atoms with Gasteiger partial charge in [-0.25, -0.2) is 0 Å². The van der Waals surface area contributed by atoms with Crippen molar-refractivity contribution in [1.82, 2.24) is 5.32 Å². The highest BCUT2D eigenvalue weighted by Crippen LogP contribution is 2.40. The van der Waals surface area contributed by atoms with Crippen molar-refractivity contribution in [1.29, 1.82) is 0 Å². The van der Waals surface area contributed by atoms with E-state index in [1.807, 2.05) is 14.0 Å². The molecule has 0 aromatic rings. The fourth-order valence-corrected chi connectivity index (χ4v) is 2.82. The van der Waals surface area contributed by atoms with Gasteiger partial charge in [0.15, 0.2) is 0 Å². The first-order chi connectivity index (χ1) is 8.49. The normalized spacial score (nSPS) is 26.3. The van der Waals surface area contributed by atoms with E-state index >= 15 is 0 Å². The van der Waals surface area contributed by atoms with Gasteiger partial charge >= 0.3 is 6.18 Å². The highest BCUT2D eigenvalue weighted by molar-refractivity contribution is 4.96. The molecule has 1 N–H and O–H groups in total. The van der Waals surface area contributed by atoms with Crippen molar-refractivity contribution >= 4 is 0 Å². The number of nitrogens with one attached hydrogen (secondary N) is 1. The van der Waals surface area contributed by atoms with Gasteiger partial charge in [0, 0.05) is 12.5 Å². The van der Waals surface area contributed by atoms with E-state index in [-0.39, 0.29) is 12.8 Å². The zero-order valence-corrected chi connectivity index (χ0v) is 11.1. The molecule has 18 heavy (non-hydrogen) atoms. The molecule has 0 amide bonds. The summed E-state index contributed by atoms with van der Waals surface area (Å²) in [6, 6.07) is 0.306.